The zero-order valence-electron chi connectivity index (χ0n) is 19.8. The van der Waals surface area contributed by atoms with Crippen molar-refractivity contribution in [1.29, 1.82) is 5.26 Å². The zero-order chi connectivity index (χ0) is 24.6. The zero-order valence-corrected chi connectivity index (χ0v) is 19.8. The molecule has 35 heavy (non-hydrogen) atoms. The molecule has 0 unspecified atom stereocenters. The number of benzene rings is 1. The number of aromatic nitrogens is 4. The van der Waals surface area contributed by atoms with Crippen molar-refractivity contribution in [2.75, 3.05) is 30.8 Å². The number of carbonyl (C=O) groups is 1. The highest BCUT2D eigenvalue weighted by atomic mass is 16.3. The summed E-state index contributed by atoms with van der Waals surface area (Å²) in [6.07, 6.45) is 5.12. The van der Waals surface area contributed by atoms with Crippen LogP contribution in [0.3, 0.4) is 0 Å². The average molecular weight is 473 g/mol. The van der Waals surface area contributed by atoms with Crippen molar-refractivity contribution in [3.63, 3.8) is 0 Å². The maximum absolute atomic E-state index is 12.3. The van der Waals surface area contributed by atoms with Gasteiger partial charge in [0.05, 0.1) is 23.6 Å². The van der Waals surface area contributed by atoms with Crippen molar-refractivity contribution in [3.8, 4) is 17.3 Å². The Morgan fingerprint density at radius 3 is 2.91 bits per heavy atom. The third-order valence-electron chi connectivity index (χ3n) is 6.79. The number of aliphatic hydroxyl groups excluding tert-OH is 1. The summed E-state index contributed by atoms with van der Waals surface area (Å²) in [5.74, 6) is 1.35. The number of nitriles is 1. The van der Waals surface area contributed by atoms with E-state index in [4.69, 9.17) is 0 Å². The van der Waals surface area contributed by atoms with Crippen LogP contribution in [0, 0.1) is 17.2 Å². The Bertz CT molecular complexity index is 1320. The summed E-state index contributed by atoms with van der Waals surface area (Å²) in [7, 11) is 1.60. The van der Waals surface area contributed by atoms with Gasteiger partial charge in [-0.1, -0.05) is 19.8 Å². The van der Waals surface area contributed by atoms with Gasteiger partial charge in [-0.05, 0) is 36.1 Å². The monoisotopic (exact) mass is 472 g/mol. The van der Waals surface area contributed by atoms with E-state index in [0.717, 1.165) is 29.2 Å². The van der Waals surface area contributed by atoms with E-state index >= 15 is 0 Å². The third kappa shape index (κ3) is 4.42. The summed E-state index contributed by atoms with van der Waals surface area (Å²) in [6.45, 7) is 3.17. The van der Waals surface area contributed by atoms with Crippen LogP contribution in [0.15, 0.2) is 30.5 Å². The van der Waals surface area contributed by atoms with Gasteiger partial charge >= 0.3 is 0 Å². The van der Waals surface area contributed by atoms with E-state index in [0.29, 0.717) is 41.8 Å². The lowest BCUT2D eigenvalue weighted by Crippen LogP contribution is -2.28. The van der Waals surface area contributed by atoms with Crippen LogP contribution in [-0.4, -0.2) is 51.0 Å². The largest absolute Gasteiger partial charge is 0.395 e. The Labute approximate surface area is 203 Å². The SMILES string of the molecule is CNC(=O)c1cc(Nc2nccc(-c3cc(C#N)c4c(c3)[C@@](C)(CO)CN4)n2)nn1CCC1CC1. The van der Waals surface area contributed by atoms with Crippen LogP contribution in [-0.2, 0) is 12.0 Å². The maximum Gasteiger partial charge on any atom is 0.269 e. The van der Waals surface area contributed by atoms with E-state index < -0.39 is 5.41 Å². The number of hydrogen-bond donors (Lipinski definition) is 4. The van der Waals surface area contributed by atoms with Crippen LogP contribution >= 0.6 is 0 Å². The smallest absolute Gasteiger partial charge is 0.269 e. The van der Waals surface area contributed by atoms with Gasteiger partial charge in [-0.2, -0.15) is 10.4 Å². The molecular formula is C25H28N8O2. The lowest BCUT2D eigenvalue weighted by molar-refractivity contribution is 0.0952. The van der Waals surface area contributed by atoms with E-state index in [1.165, 1.54) is 12.8 Å². The molecule has 2 aliphatic rings. The summed E-state index contributed by atoms with van der Waals surface area (Å²) < 4.78 is 1.73. The van der Waals surface area contributed by atoms with E-state index in [-0.39, 0.29) is 12.5 Å². The van der Waals surface area contributed by atoms with Gasteiger partial charge in [0.15, 0.2) is 5.82 Å². The molecular weight excluding hydrogens is 444 g/mol. The lowest BCUT2D eigenvalue weighted by atomic mass is 9.83. The molecule has 1 saturated carbocycles. The summed E-state index contributed by atoms with van der Waals surface area (Å²) in [4.78, 5) is 21.3. The van der Waals surface area contributed by atoms with Gasteiger partial charge < -0.3 is 21.1 Å². The second kappa shape index (κ2) is 9.00. The molecule has 0 spiro atoms. The lowest BCUT2D eigenvalue weighted by Gasteiger charge is -2.21. The molecule has 0 saturated heterocycles. The minimum Gasteiger partial charge on any atom is -0.395 e. The molecule has 2 aromatic heterocycles. The molecule has 0 radical (unpaired) electrons. The summed E-state index contributed by atoms with van der Waals surface area (Å²) in [5.41, 5.74) is 3.57. The number of aryl methyl sites for hydroxylation is 1. The second-order valence-corrected chi connectivity index (χ2v) is 9.47. The standard InChI is InChI=1S/C25H28N8O2/c1-25(14-34)13-29-22-17(12-26)9-16(10-18(22)25)19-5-7-28-24(30-19)31-21-11-20(23(35)27-2)33(32-21)8-6-15-3-4-15/h5,7,9-11,15,29,34H,3-4,6,8,13-14H2,1-2H3,(H,27,35)(H,28,30,31,32)/t25-/m1/s1. The molecule has 3 heterocycles. The van der Waals surface area contributed by atoms with Crippen LogP contribution in [0.2, 0.25) is 0 Å². The van der Waals surface area contributed by atoms with Crippen LogP contribution in [0.1, 0.15) is 47.8 Å². The van der Waals surface area contributed by atoms with Gasteiger partial charge in [0, 0.05) is 43.4 Å². The fraction of sp³-hybridized carbons (Fsp3) is 0.400. The summed E-state index contributed by atoms with van der Waals surface area (Å²) in [6, 6.07) is 9.48. The number of nitrogens with zero attached hydrogens (tertiary/aromatic N) is 5. The molecule has 1 amide bonds. The number of amides is 1. The molecule has 5 rings (SSSR count). The maximum atomic E-state index is 12.3. The summed E-state index contributed by atoms with van der Waals surface area (Å²) in [5, 5.41) is 33.3. The van der Waals surface area contributed by atoms with E-state index in [1.807, 2.05) is 13.0 Å². The summed E-state index contributed by atoms with van der Waals surface area (Å²) >= 11 is 0. The highest BCUT2D eigenvalue weighted by Gasteiger charge is 2.36. The molecule has 1 aliphatic carbocycles. The molecule has 3 aromatic rings. The van der Waals surface area contributed by atoms with Gasteiger partial charge in [-0.3, -0.25) is 9.48 Å². The van der Waals surface area contributed by atoms with Crippen molar-refractivity contribution in [2.24, 2.45) is 5.92 Å². The molecule has 180 valence electrons. The Morgan fingerprint density at radius 1 is 1.37 bits per heavy atom. The normalized spacial score (nSPS) is 18.5. The number of aliphatic hydroxyl groups is 1. The average Bonchev–Trinajstić information content (AvgIpc) is 3.54. The Balaban J connectivity index is 1.44. The van der Waals surface area contributed by atoms with Gasteiger partial charge in [-0.25, -0.2) is 9.97 Å². The number of hydrogen-bond acceptors (Lipinski definition) is 8. The number of fused-ring (bicyclic) bond motifs is 1. The van der Waals surface area contributed by atoms with Gasteiger partial charge in [0.25, 0.3) is 5.91 Å². The van der Waals surface area contributed by atoms with Gasteiger partial charge in [-0.15, -0.1) is 0 Å². The first kappa shape index (κ1) is 22.8. The fourth-order valence-corrected chi connectivity index (χ4v) is 4.43. The first-order chi connectivity index (χ1) is 16.9. The van der Waals surface area contributed by atoms with E-state index in [2.05, 4.69) is 37.1 Å². The number of anilines is 3. The number of nitrogens with one attached hydrogen (secondary N) is 3. The minimum atomic E-state index is -0.478. The molecule has 0 bridgehead atoms. The van der Waals surface area contributed by atoms with Crippen LogP contribution in [0.25, 0.3) is 11.3 Å². The first-order valence-corrected chi connectivity index (χ1v) is 11.8. The van der Waals surface area contributed by atoms with Crippen LogP contribution in [0.4, 0.5) is 17.5 Å². The molecule has 1 aliphatic heterocycles. The van der Waals surface area contributed by atoms with E-state index in [1.54, 1.807) is 36.1 Å². The van der Waals surface area contributed by atoms with Crippen molar-refractivity contribution in [2.45, 2.75) is 38.1 Å². The predicted octanol–water partition coefficient (Wildman–Crippen LogP) is 2.79. The molecule has 10 nitrogen and oxygen atoms in total. The minimum absolute atomic E-state index is 0.0328. The number of rotatable bonds is 8. The topological polar surface area (TPSA) is 141 Å². The van der Waals surface area contributed by atoms with Crippen molar-refractivity contribution < 1.29 is 9.90 Å². The molecule has 1 aromatic carbocycles. The van der Waals surface area contributed by atoms with Crippen molar-refractivity contribution >= 4 is 23.4 Å². The molecule has 10 heteroatoms. The Kier molecular flexibility index (Phi) is 5.86. The highest BCUT2D eigenvalue weighted by molar-refractivity contribution is 5.93. The Morgan fingerprint density at radius 2 is 2.20 bits per heavy atom. The van der Waals surface area contributed by atoms with Crippen molar-refractivity contribution in [1.82, 2.24) is 25.1 Å². The van der Waals surface area contributed by atoms with E-state index in [9.17, 15) is 15.2 Å². The Hall–Kier alpha value is -3.97. The first-order valence-electron chi connectivity index (χ1n) is 11.8. The second-order valence-electron chi connectivity index (χ2n) is 9.47. The predicted molar refractivity (Wildman–Crippen MR) is 131 cm³/mol. The number of carbonyl (C=O) groups excluding carboxylic acids is 1. The van der Waals surface area contributed by atoms with Crippen molar-refractivity contribution in [3.05, 3.63) is 47.3 Å². The molecule has 4 N–H and O–H groups in total. The van der Waals surface area contributed by atoms with Gasteiger partial charge in [0.1, 0.15) is 11.8 Å². The molecule has 1 fully saturated rings. The van der Waals surface area contributed by atoms with Gasteiger partial charge in [0.2, 0.25) is 5.95 Å². The quantitative estimate of drug-likeness (QED) is 0.392. The molecule has 1 atom stereocenters. The van der Waals surface area contributed by atoms with Crippen LogP contribution < -0.4 is 16.0 Å². The third-order valence-corrected chi connectivity index (χ3v) is 6.79. The highest BCUT2D eigenvalue weighted by Crippen LogP contribution is 2.41. The van der Waals surface area contributed by atoms with Crippen LogP contribution in [0.5, 0.6) is 0 Å². The fourth-order valence-electron chi connectivity index (χ4n) is 4.43.